The van der Waals surface area contributed by atoms with E-state index < -0.39 is 36.4 Å². The van der Waals surface area contributed by atoms with E-state index in [1.54, 1.807) is 30.5 Å². The fourth-order valence-electron chi connectivity index (χ4n) is 5.28. The Bertz CT molecular complexity index is 1740. The summed E-state index contributed by atoms with van der Waals surface area (Å²) in [5, 5.41) is 2.63. The summed E-state index contributed by atoms with van der Waals surface area (Å²) in [6.07, 6.45) is -0.419. The van der Waals surface area contributed by atoms with Crippen LogP contribution in [0.5, 0.6) is 0 Å². The molecular weight excluding hydrogens is 564 g/mol. The van der Waals surface area contributed by atoms with Crippen LogP contribution in [0.2, 0.25) is 0 Å². The minimum Gasteiger partial charge on any atom is -0.378 e. The van der Waals surface area contributed by atoms with E-state index in [1.807, 2.05) is 11.0 Å². The monoisotopic (exact) mass is 590 g/mol. The number of hydrogen-bond donors (Lipinski definition) is 2. The molecule has 2 N–H and O–H groups in total. The second-order valence-corrected chi connectivity index (χ2v) is 10.0. The first-order valence-electron chi connectivity index (χ1n) is 13.6. The Balaban J connectivity index is 1.41. The number of amides is 1. The Morgan fingerprint density at radius 3 is 2.51 bits per heavy atom. The topological polar surface area (TPSA) is 96.0 Å². The molecule has 0 radical (unpaired) electrons. The Morgan fingerprint density at radius 2 is 1.79 bits per heavy atom. The van der Waals surface area contributed by atoms with Crippen molar-refractivity contribution in [2.45, 2.75) is 18.8 Å². The average Bonchev–Trinajstić information content (AvgIpc) is 3.40. The molecule has 12 heteroatoms. The quantitative estimate of drug-likeness (QED) is 0.166. The fraction of sp³-hybridized carbons (Fsp3) is 0.226. The van der Waals surface area contributed by atoms with Gasteiger partial charge in [0.25, 0.3) is 0 Å². The van der Waals surface area contributed by atoms with Gasteiger partial charge in [0.05, 0.1) is 47.3 Å². The Labute approximate surface area is 243 Å². The molecule has 43 heavy (non-hydrogen) atoms. The van der Waals surface area contributed by atoms with Gasteiger partial charge in [0.15, 0.2) is 0 Å². The summed E-state index contributed by atoms with van der Waals surface area (Å²) in [5.74, 6) is -3.02. The molecule has 0 aliphatic carbocycles. The summed E-state index contributed by atoms with van der Waals surface area (Å²) in [4.78, 5) is 31.6. The van der Waals surface area contributed by atoms with Crippen molar-refractivity contribution in [3.63, 3.8) is 0 Å². The molecule has 1 aromatic carbocycles. The van der Waals surface area contributed by atoms with Crippen LogP contribution in [-0.4, -0.2) is 58.6 Å². The lowest BCUT2D eigenvalue weighted by Crippen LogP contribution is -2.36. The number of nitrogens with zero attached hydrogens (tertiary/aromatic N) is 4. The van der Waals surface area contributed by atoms with Gasteiger partial charge in [-0.3, -0.25) is 9.78 Å². The zero-order valence-corrected chi connectivity index (χ0v) is 22.7. The summed E-state index contributed by atoms with van der Waals surface area (Å²) in [6, 6.07) is 14.9. The molecule has 1 atom stereocenters. The molecule has 6 rings (SSSR count). The number of hydrogen-bond acceptors (Lipinski definition) is 6. The summed E-state index contributed by atoms with van der Waals surface area (Å²) < 4.78 is 60.7. The molecule has 1 amide bonds. The van der Waals surface area contributed by atoms with Gasteiger partial charge < -0.3 is 19.9 Å². The molecule has 1 aliphatic rings. The van der Waals surface area contributed by atoms with Gasteiger partial charge in [0.2, 0.25) is 18.3 Å². The van der Waals surface area contributed by atoms with Crippen molar-refractivity contribution in [2.24, 2.45) is 0 Å². The summed E-state index contributed by atoms with van der Waals surface area (Å²) in [7, 11) is 0. The Hall–Kier alpha value is -4.84. The Kier molecular flexibility index (Phi) is 8.01. The predicted molar refractivity (Wildman–Crippen MR) is 154 cm³/mol. The van der Waals surface area contributed by atoms with Gasteiger partial charge in [0.1, 0.15) is 17.2 Å². The fourth-order valence-corrected chi connectivity index (χ4v) is 5.28. The van der Waals surface area contributed by atoms with E-state index in [0.717, 1.165) is 12.1 Å². The number of rotatable bonds is 8. The van der Waals surface area contributed by atoms with Gasteiger partial charge in [-0.2, -0.15) is 4.39 Å². The normalized spacial score (nSPS) is 14.3. The van der Waals surface area contributed by atoms with E-state index >= 15 is 0 Å². The summed E-state index contributed by atoms with van der Waals surface area (Å²) in [6.45, 7) is 2.16. The molecule has 8 nitrogen and oxygen atoms in total. The minimum atomic E-state index is -2.76. The number of fused-ring (bicyclic) bond motifs is 1. The van der Waals surface area contributed by atoms with E-state index in [2.05, 4.69) is 25.3 Å². The van der Waals surface area contributed by atoms with Crippen molar-refractivity contribution < 1.29 is 27.1 Å². The third-order valence-corrected chi connectivity index (χ3v) is 7.28. The first kappa shape index (κ1) is 28.3. The van der Waals surface area contributed by atoms with E-state index in [-0.39, 0.29) is 11.4 Å². The number of carbonyl (C=O) groups is 1. The molecule has 1 saturated heterocycles. The first-order valence-corrected chi connectivity index (χ1v) is 13.6. The number of morpholine rings is 1. The van der Waals surface area contributed by atoms with Crippen LogP contribution in [0.25, 0.3) is 33.5 Å². The lowest BCUT2D eigenvalue weighted by molar-refractivity contribution is -0.118. The second-order valence-electron chi connectivity index (χ2n) is 10.0. The molecular formula is C31H26F4N6O2. The van der Waals surface area contributed by atoms with Crippen molar-refractivity contribution in [2.75, 3.05) is 36.5 Å². The minimum absolute atomic E-state index is 0.113. The van der Waals surface area contributed by atoms with Gasteiger partial charge in [-0.25, -0.2) is 23.1 Å². The number of halogens is 4. The van der Waals surface area contributed by atoms with Crippen LogP contribution < -0.4 is 10.2 Å². The predicted octanol–water partition coefficient (Wildman–Crippen LogP) is 6.18. The average molecular weight is 591 g/mol. The summed E-state index contributed by atoms with van der Waals surface area (Å²) >= 11 is 0. The number of ether oxygens (including phenoxy) is 1. The van der Waals surface area contributed by atoms with E-state index in [1.165, 1.54) is 24.4 Å². The number of benzene rings is 1. The molecule has 0 saturated carbocycles. The number of aromatic amines is 1. The van der Waals surface area contributed by atoms with Crippen molar-refractivity contribution >= 4 is 28.4 Å². The van der Waals surface area contributed by atoms with Crippen LogP contribution >= 0.6 is 0 Å². The van der Waals surface area contributed by atoms with Crippen LogP contribution in [0.3, 0.4) is 0 Å². The molecule has 4 aromatic heterocycles. The second kappa shape index (κ2) is 12.2. The third-order valence-electron chi connectivity index (χ3n) is 7.28. The molecule has 220 valence electrons. The van der Waals surface area contributed by atoms with E-state index in [9.17, 15) is 22.4 Å². The van der Waals surface area contributed by atoms with Crippen molar-refractivity contribution in [1.29, 1.82) is 0 Å². The lowest BCUT2D eigenvalue weighted by atomic mass is 9.95. The zero-order valence-electron chi connectivity index (χ0n) is 22.7. The lowest BCUT2D eigenvalue weighted by Gasteiger charge is -2.29. The Morgan fingerprint density at radius 1 is 1.00 bits per heavy atom. The van der Waals surface area contributed by atoms with Crippen molar-refractivity contribution in [3.8, 4) is 22.5 Å². The summed E-state index contributed by atoms with van der Waals surface area (Å²) in [5.41, 5.74) is 4.10. The van der Waals surface area contributed by atoms with Gasteiger partial charge in [-0.1, -0.05) is 18.2 Å². The number of nitrogens with one attached hydrogen (secondary N) is 2. The maximum Gasteiger partial charge on any atom is 0.239 e. The number of aromatic nitrogens is 4. The largest absolute Gasteiger partial charge is 0.378 e. The molecule has 1 unspecified atom stereocenters. The highest BCUT2D eigenvalue weighted by molar-refractivity contribution is 6.05. The van der Waals surface area contributed by atoms with E-state index in [0.29, 0.717) is 65.5 Å². The highest BCUT2D eigenvalue weighted by Crippen LogP contribution is 2.40. The van der Waals surface area contributed by atoms with Gasteiger partial charge in [0, 0.05) is 43.5 Å². The molecule has 5 heterocycles. The van der Waals surface area contributed by atoms with Crippen LogP contribution in [0.4, 0.5) is 29.1 Å². The molecule has 0 spiro atoms. The maximum atomic E-state index is 15.0. The molecule has 0 bridgehead atoms. The maximum absolute atomic E-state index is 15.0. The third kappa shape index (κ3) is 6.05. The highest BCUT2D eigenvalue weighted by Gasteiger charge is 2.27. The number of alkyl halides is 2. The highest BCUT2D eigenvalue weighted by atomic mass is 19.3. The molecule has 5 aromatic rings. The van der Waals surface area contributed by atoms with Gasteiger partial charge in [-0.15, -0.1) is 0 Å². The zero-order chi connectivity index (χ0) is 29.9. The van der Waals surface area contributed by atoms with Crippen LogP contribution in [0.15, 0.2) is 73.1 Å². The SMILES string of the molecule is O=C(Nc1cc(-c2[nH]c3c(N4CCOCC4)cc(F)nc3c2-c2ccccn2)ccn1)C(CC(F)F)c1ccc(F)cc1. The van der Waals surface area contributed by atoms with Crippen LogP contribution in [-0.2, 0) is 9.53 Å². The number of carbonyl (C=O) groups excluding carboxylic acids is 1. The van der Waals surface area contributed by atoms with Crippen molar-refractivity contribution in [1.82, 2.24) is 19.9 Å². The van der Waals surface area contributed by atoms with E-state index in [4.69, 9.17) is 4.74 Å². The number of pyridine rings is 3. The smallest absolute Gasteiger partial charge is 0.239 e. The van der Waals surface area contributed by atoms with Crippen molar-refractivity contribution in [3.05, 3.63) is 90.4 Å². The number of anilines is 2. The standard InChI is InChI=1S/C31H26F4N6O2/c32-20-6-4-18(5-7-20)21(16-24(33)34)31(42)39-26-15-19(8-10-37-26)28-27(22-3-1-2-9-36-22)30-29(40-28)23(17-25(35)38-30)41-11-13-43-14-12-41/h1-10,15,17,21,24,40H,11-14,16H2,(H,37,39,42). The molecule has 1 aliphatic heterocycles. The first-order chi connectivity index (χ1) is 20.9. The molecule has 1 fully saturated rings. The van der Waals surface area contributed by atoms with Crippen LogP contribution in [0, 0.1) is 11.8 Å². The number of H-pyrrole nitrogens is 1. The van der Waals surface area contributed by atoms with Gasteiger partial charge in [-0.05, 0) is 42.0 Å². The van der Waals surface area contributed by atoms with Gasteiger partial charge >= 0.3 is 0 Å². The van der Waals surface area contributed by atoms with Crippen LogP contribution in [0.1, 0.15) is 17.9 Å².